The molecule has 3 rings (SSSR count). The van der Waals surface area contributed by atoms with Crippen LogP contribution in [0.5, 0.6) is 0 Å². The van der Waals surface area contributed by atoms with Gasteiger partial charge in [0.2, 0.25) is 11.7 Å². The van der Waals surface area contributed by atoms with Gasteiger partial charge in [0.05, 0.1) is 18.1 Å². The number of hydrogen-bond donors (Lipinski definition) is 0. The molecule has 168 valence electrons. The van der Waals surface area contributed by atoms with Gasteiger partial charge in [-0.05, 0) is 61.9 Å². The lowest BCUT2D eigenvalue weighted by atomic mass is 10.1. The maximum absolute atomic E-state index is 12.6. The van der Waals surface area contributed by atoms with E-state index in [2.05, 4.69) is 0 Å². The first kappa shape index (κ1) is 23.5. The summed E-state index contributed by atoms with van der Waals surface area (Å²) in [5, 5.41) is 0.502. The lowest BCUT2D eigenvalue weighted by Gasteiger charge is -2.18. The van der Waals surface area contributed by atoms with Gasteiger partial charge in [-0.25, -0.2) is 4.79 Å². The number of carbonyl (C=O) groups is 4. The summed E-state index contributed by atoms with van der Waals surface area (Å²) < 4.78 is 10.4. The number of nitrogens with zero attached hydrogens (tertiary/aromatic N) is 1. The number of anilines is 1. The average Bonchev–Trinajstić information content (AvgIpc) is 3.19. The maximum atomic E-state index is 12.6. The zero-order chi connectivity index (χ0) is 23.3. The van der Waals surface area contributed by atoms with Crippen LogP contribution in [-0.4, -0.2) is 42.9 Å². The minimum atomic E-state index is -0.985. The lowest BCUT2D eigenvalue weighted by Crippen LogP contribution is -2.30. The molecule has 0 radical (unpaired) electrons. The largest absolute Gasteiger partial charge is 0.462 e. The summed E-state index contributed by atoms with van der Waals surface area (Å²) in [4.78, 5) is 50.9. The Morgan fingerprint density at radius 1 is 1.06 bits per heavy atom. The molecule has 0 aromatic heterocycles. The Balaban J connectivity index is 1.59. The molecule has 0 bridgehead atoms. The summed E-state index contributed by atoms with van der Waals surface area (Å²) >= 11 is 5.83. The Morgan fingerprint density at radius 3 is 2.31 bits per heavy atom. The van der Waals surface area contributed by atoms with Crippen molar-refractivity contribution in [3.05, 3.63) is 64.7 Å². The van der Waals surface area contributed by atoms with Crippen molar-refractivity contribution < 1.29 is 28.7 Å². The van der Waals surface area contributed by atoms with Crippen molar-refractivity contribution in [3.8, 4) is 0 Å². The quantitative estimate of drug-likeness (QED) is 0.438. The van der Waals surface area contributed by atoms with Crippen molar-refractivity contribution in [2.24, 2.45) is 5.92 Å². The standard InChI is InChI=1S/C24H24ClNO6/c1-3-12-31-23(29)17-6-10-20(11-7-17)26-14-18(13-21(26)27)24(30)32-15(2)22(28)16-4-8-19(25)9-5-16/h4-11,15,18H,3,12-14H2,1-2H3/t15-,18-/m0/s1. The molecule has 2 aromatic rings. The average molecular weight is 458 g/mol. The fraction of sp³-hybridized carbons (Fsp3) is 0.333. The number of Topliss-reactive ketones (excluding diaryl/α,β-unsaturated/α-hetero) is 1. The van der Waals surface area contributed by atoms with E-state index in [0.717, 1.165) is 6.42 Å². The third kappa shape index (κ3) is 5.53. The molecule has 0 unspecified atom stereocenters. The third-order valence-electron chi connectivity index (χ3n) is 5.10. The van der Waals surface area contributed by atoms with E-state index in [-0.39, 0.29) is 24.7 Å². The molecular weight excluding hydrogens is 434 g/mol. The van der Waals surface area contributed by atoms with Crippen LogP contribution in [0.1, 0.15) is 47.4 Å². The van der Waals surface area contributed by atoms with E-state index < -0.39 is 24.0 Å². The van der Waals surface area contributed by atoms with Crippen LogP contribution in [0.15, 0.2) is 48.5 Å². The molecule has 0 aliphatic carbocycles. The summed E-state index contributed by atoms with van der Waals surface area (Å²) in [6.07, 6.45) is -0.268. The Hall–Kier alpha value is -3.19. The number of ether oxygens (including phenoxy) is 2. The minimum Gasteiger partial charge on any atom is -0.462 e. The first-order valence-electron chi connectivity index (χ1n) is 10.4. The molecule has 0 saturated carbocycles. The number of esters is 2. The second-order valence-corrected chi connectivity index (χ2v) is 7.97. The Morgan fingerprint density at radius 2 is 1.69 bits per heavy atom. The van der Waals surface area contributed by atoms with E-state index in [1.807, 2.05) is 6.92 Å². The fourth-order valence-electron chi connectivity index (χ4n) is 3.34. The Labute approximate surface area is 191 Å². The van der Waals surface area contributed by atoms with Gasteiger partial charge in [-0.2, -0.15) is 0 Å². The van der Waals surface area contributed by atoms with Gasteiger partial charge in [-0.3, -0.25) is 14.4 Å². The topological polar surface area (TPSA) is 90.0 Å². The van der Waals surface area contributed by atoms with Crippen LogP contribution in [0.3, 0.4) is 0 Å². The van der Waals surface area contributed by atoms with E-state index in [1.165, 1.54) is 11.8 Å². The summed E-state index contributed by atoms with van der Waals surface area (Å²) in [6, 6.07) is 12.8. The second kappa shape index (κ2) is 10.4. The first-order valence-corrected chi connectivity index (χ1v) is 10.8. The van der Waals surface area contributed by atoms with Gasteiger partial charge >= 0.3 is 11.9 Å². The smallest absolute Gasteiger partial charge is 0.338 e. The highest BCUT2D eigenvalue weighted by atomic mass is 35.5. The number of carbonyl (C=O) groups excluding carboxylic acids is 4. The predicted octanol–water partition coefficient (Wildman–Crippen LogP) is 4.07. The zero-order valence-corrected chi connectivity index (χ0v) is 18.6. The van der Waals surface area contributed by atoms with Gasteiger partial charge < -0.3 is 14.4 Å². The van der Waals surface area contributed by atoms with Crippen LogP contribution in [0.25, 0.3) is 0 Å². The lowest BCUT2D eigenvalue weighted by molar-refractivity contribution is -0.151. The SMILES string of the molecule is CCCOC(=O)c1ccc(N2C[C@@H](C(=O)O[C@@H](C)C(=O)c3ccc(Cl)cc3)CC2=O)cc1. The molecule has 2 aromatic carbocycles. The van der Waals surface area contributed by atoms with E-state index >= 15 is 0 Å². The second-order valence-electron chi connectivity index (χ2n) is 7.54. The number of amides is 1. The van der Waals surface area contributed by atoms with Crippen molar-refractivity contribution in [2.45, 2.75) is 32.8 Å². The molecule has 1 amide bonds. The number of halogens is 1. The van der Waals surface area contributed by atoms with Gasteiger partial charge in [0, 0.05) is 29.2 Å². The molecule has 0 N–H and O–H groups in total. The van der Waals surface area contributed by atoms with E-state index in [1.54, 1.807) is 48.5 Å². The van der Waals surface area contributed by atoms with Crippen LogP contribution >= 0.6 is 11.6 Å². The zero-order valence-electron chi connectivity index (χ0n) is 17.9. The van der Waals surface area contributed by atoms with Crippen LogP contribution in [0.4, 0.5) is 5.69 Å². The molecule has 2 atom stereocenters. The Bertz CT molecular complexity index is 1000. The molecule has 1 heterocycles. The van der Waals surface area contributed by atoms with E-state index in [0.29, 0.717) is 28.4 Å². The summed E-state index contributed by atoms with van der Waals surface area (Å²) in [5.41, 5.74) is 1.35. The van der Waals surface area contributed by atoms with Crippen LogP contribution < -0.4 is 4.90 Å². The van der Waals surface area contributed by atoms with Crippen LogP contribution in [0.2, 0.25) is 5.02 Å². The highest BCUT2D eigenvalue weighted by Gasteiger charge is 2.37. The molecule has 1 saturated heterocycles. The van der Waals surface area contributed by atoms with Crippen molar-refractivity contribution in [1.82, 2.24) is 0 Å². The summed E-state index contributed by atoms with van der Waals surface area (Å²) in [5.74, 6) is -2.29. The number of ketones is 1. The molecule has 1 aliphatic rings. The highest BCUT2D eigenvalue weighted by molar-refractivity contribution is 6.30. The fourth-order valence-corrected chi connectivity index (χ4v) is 3.47. The molecule has 1 aliphatic heterocycles. The number of benzene rings is 2. The van der Waals surface area contributed by atoms with Crippen molar-refractivity contribution in [3.63, 3.8) is 0 Å². The minimum absolute atomic E-state index is 0.0129. The van der Waals surface area contributed by atoms with E-state index in [9.17, 15) is 19.2 Å². The van der Waals surface area contributed by atoms with Crippen molar-refractivity contribution >= 4 is 40.9 Å². The van der Waals surface area contributed by atoms with Gasteiger partial charge in [-0.15, -0.1) is 0 Å². The Kier molecular flexibility index (Phi) is 7.64. The molecule has 1 fully saturated rings. The third-order valence-corrected chi connectivity index (χ3v) is 5.35. The monoisotopic (exact) mass is 457 g/mol. The van der Waals surface area contributed by atoms with Crippen molar-refractivity contribution in [2.75, 3.05) is 18.1 Å². The normalized spacial score (nSPS) is 16.5. The summed E-state index contributed by atoms with van der Waals surface area (Å²) in [7, 11) is 0. The van der Waals surface area contributed by atoms with Crippen molar-refractivity contribution in [1.29, 1.82) is 0 Å². The van der Waals surface area contributed by atoms with Crippen LogP contribution in [-0.2, 0) is 19.1 Å². The molecular formula is C24H24ClNO6. The number of hydrogen-bond acceptors (Lipinski definition) is 6. The molecule has 8 heteroatoms. The molecule has 7 nitrogen and oxygen atoms in total. The molecule has 32 heavy (non-hydrogen) atoms. The predicted molar refractivity (Wildman–Crippen MR) is 119 cm³/mol. The highest BCUT2D eigenvalue weighted by Crippen LogP contribution is 2.27. The first-order chi connectivity index (χ1) is 15.3. The van der Waals surface area contributed by atoms with Gasteiger partial charge in [0.15, 0.2) is 6.10 Å². The van der Waals surface area contributed by atoms with E-state index in [4.69, 9.17) is 21.1 Å². The summed E-state index contributed by atoms with van der Waals surface area (Å²) in [6.45, 7) is 3.89. The van der Waals surface area contributed by atoms with Gasteiger partial charge in [0.1, 0.15) is 0 Å². The van der Waals surface area contributed by atoms with Crippen LogP contribution in [0, 0.1) is 5.92 Å². The molecule has 0 spiro atoms. The number of rotatable bonds is 8. The van der Waals surface area contributed by atoms with Gasteiger partial charge in [0.25, 0.3) is 0 Å². The van der Waals surface area contributed by atoms with Gasteiger partial charge in [-0.1, -0.05) is 18.5 Å². The maximum Gasteiger partial charge on any atom is 0.338 e.